The third kappa shape index (κ3) is 3.97. The maximum atomic E-state index is 12.8. The topological polar surface area (TPSA) is 74.7 Å². The van der Waals surface area contributed by atoms with Crippen LogP contribution in [0, 0.1) is 5.92 Å². The van der Waals surface area contributed by atoms with Crippen LogP contribution in [0.25, 0.3) is 0 Å². The minimum atomic E-state index is -1.08. The third-order valence-corrected chi connectivity index (χ3v) is 7.51. The number of carboxylic acid groups (broad SMARTS) is 1. The molecule has 2 atom stereocenters. The zero-order valence-electron chi connectivity index (χ0n) is 15.5. The number of hydrogen-bond donors (Lipinski definition) is 1. The highest BCUT2D eigenvalue weighted by atomic mass is 32.2. The largest absolute Gasteiger partial charge is 0.477 e. The molecular formula is C22H19NO4S2. The van der Waals surface area contributed by atoms with Crippen molar-refractivity contribution in [3.63, 3.8) is 0 Å². The average Bonchev–Trinajstić information content (AvgIpc) is 2.76. The molecule has 0 radical (unpaired) electrons. The summed E-state index contributed by atoms with van der Waals surface area (Å²) in [6.07, 6.45) is 0.109. The van der Waals surface area contributed by atoms with Crippen molar-refractivity contribution in [3.05, 3.63) is 77.5 Å². The van der Waals surface area contributed by atoms with Crippen molar-refractivity contribution >= 4 is 41.2 Å². The van der Waals surface area contributed by atoms with Gasteiger partial charge in [0.25, 0.3) is 0 Å². The zero-order valence-corrected chi connectivity index (χ0v) is 17.1. The molecule has 0 spiro atoms. The number of β-lactam (4-membered cyclic amide) rings is 1. The van der Waals surface area contributed by atoms with E-state index in [0.29, 0.717) is 17.1 Å². The Hall–Kier alpha value is -2.51. The number of fused-ring (bicyclic) bond motifs is 1. The monoisotopic (exact) mass is 425 g/mol. The number of aliphatic carboxylic acids is 1. The van der Waals surface area contributed by atoms with Gasteiger partial charge < -0.3 is 5.11 Å². The van der Waals surface area contributed by atoms with E-state index in [2.05, 4.69) is 0 Å². The first-order valence-corrected chi connectivity index (χ1v) is 11.3. The summed E-state index contributed by atoms with van der Waals surface area (Å²) in [5.41, 5.74) is 1.41. The lowest BCUT2D eigenvalue weighted by Gasteiger charge is -2.49. The summed E-state index contributed by atoms with van der Waals surface area (Å²) in [4.78, 5) is 39.6. The standard InChI is InChI=1S/C22H19NO4S2/c24-18(14-7-3-1-4-8-14)11-17-20(25)23-19(22(26)27)15(13-29-21(17)23)12-28-16-9-5-2-6-10-16/h1-10,17,21H,11-13H2,(H,26,27)/t17-,21?/m0/s1. The van der Waals surface area contributed by atoms with Crippen molar-refractivity contribution < 1.29 is 19.5 Å². The molecular weight excluding hydrogens is 406 g/mol. The smallest absolute Gasteiger partial charge is 0.352 e. The first-order chi connectivity index (χ1) is 14.1. The van der Waals surface area contributed by atoms with E-state index in [1.165, 1.54) is 4.90 Å². The lowest BCUT2D eigenvalue weighted by molar-refractivity contribution is -0.152. The molecule has 148 valence electrons. The number of ketones is 1. The molecule has 1 fully saturated rings. The number of carboxylic acids is 1. The molecule has 2 heterocycles. The number of nitrogens with zero attached hydrogens (tertiary/aromatic N) is 1. The molecule has 0 aliphatic carbocycles. The van der Waals surface area contributed by atoms with E-state index < -0.39 is 11.9 Å². The second-order valence-corrected chi connectivity index (χ2v) is 9.02. The predicted molar refractivity (Wildman–Crippen MR) is 114 cm³/mol. The highest BCUT2D eigenvalue weighted by Crippen LogP contribution is 2.46. The summed E-state index contributed by atoms with van der Waals surface area (Å²) in [7, 11) is 0. The van der Waals surface area contributed by atoms with E-state index >= 15 is 0 Å². The van der Waals surface area contributed by atoms with E-state index in [1.54, 1.807) is 47.8 Å². The molecule has 7 heteroatoms. The highest BCUT2D eigenvalue weighted by Gasteiger charge is 2.53. The SMILES string of the molecule is O=C(O)C1=C(CSc2ccccc2)CSC2[C@@H](CC(=O)c3ccccc3)C(=O)N12. The van der Waals surface area contributed by atoms with Crippen LogP contribution < -0.4 is 0 Å². The lowest BCUT2D eigenvalue weighted by atomic mass is 9.89. The van der Waals surface area contributed by atoms with E-state index in [0.717, 1.165) is 10.5 Å². The van der Waals surface area contributed by atoms with Gasteiger partial charge in [0.15, 0.2) is 5.78 Å². The Labute approximate surface area is 177 Å². The lowest BCUT2D eigenvalue weighted by Crippen LogP contribution is -2.61. The van der Waals surface area contributed by atoms with Gasteiger partial charge >= 0.3 is 5.97 Å². The number of Topliss-reactive ketones (excluding diaryl/α,β-unsaturated/α-hetero) is 1. The van der Waals surface area contributed by atoms with Crippen LogP contribution in [0.5, 0.6) is 0 Å². The second kappa shape index (κ2) is 8.47. The molecule has 0 bridgehead atoms. The fourth-order valence-electron chi connectivity index (χ4n) is 3.56. The predicted octanol–water partition coefficient (Wildman–Crippen LogP) is 3.92. The Bertz CT molecular complexity index is 975. The van der Waals surface area contributed by atoms with Crippen LogP contribution >= 0.6 is 23.5 Å². The molecule has 0 aromatic heterocycles. The minimum Gasteiger partial charge on any atom is -0.477 e. The Kier molecular flexibility index (Phi) is 5.78. The molecule has 4 rings (SSSR count). The van der Waals surface area contributed by atoms with Gasteiger partial charge in [-0.15, -0.1) is 23.5 Å². The maximum absolute atomic E-state index is 12.8. The molecule has 1 unspecified atom stereocenters. The van der Waals surface area contributed by atoms with Gasteiger partial charge in [-0.2, -0.15) is 0 Å². The molecule has 5 nitrogen and oxygen atoms in total. The van der Waals surface area contributed by atoms with Gasteiger partial charge in [-0.05, 0) is 17.7 Å². The Morgan fingerprint density at radius 3 is 2.38 bits per heavy atom. The van der Waals surface area contributed by atoms with Crippen LogP contribution in [0.15, 0.2) is 76.8 Å². The van der Waals surface area contributed by atoms with Gasteiger partial charge in [0.2, 0.25) is 5.91 Å². The van der Waals surface area contributed by atoms with Gasteiger partial charge in [-0.1, -0.05) is 48.5 Å². The Balaban J connectivity index is 1.48. The van der Waals surface area contributed by atoms with Crippen molar-refractivity contribution in [1.29, 1.82) is 0 Å². The highest BCUT2D eigenvalue weighted by molar-refractivity contribution is 8.01. The van der Waals surface area contributed by atoms with Crippen molar-refractivity contribution in [2.24, 2.45) is 5.92 Å². The normalized spacial score (nSPS) is 20.8. The van der Waals surface area contributed by atoms with Crippen molar-refractivity contribution in [2.45, 2.75) is 16.7 Å². The van der Waals surface area contributed by atoms with Crippen molar-refractivity contribution in [3.8, 4) is 0 Å². The summed E-state index contributed by atoms with van der Waals surface area (Å²) < 4.78 is 0. The van der Waals surface area contributed by atoms with Crippen LogP contribution in [0.1, 0.15) is 16.8 Å². The number of carbonyl (C=O) groups excluding carboxylic acids is 2. The van der Waals surface area contributed by atoms with Gasteiger partial charge in [-0.3, -0.25) is 14.5 Å². The van der Waals surface area contributed by atoms with E-state index in [4.69, 9.17) is 0 Å². The van der Waals surface area contributed by atoms with Gasteiger partial charge in [0.1, 0.15) is 5.70 Å². The molecule has 1 amide bonds. The Morgan fingerprint density at radius 1 is 1.07 bits per heavy atom. The molecule has 1 N–H and O–H groups in total. The van der Waals surface area contributed by atoms with Crippen LogP contribution in [0.2, 0.25) is 0 Å². The summed E-state index contributed by atoms with van der Waals surface area (Å²) >= 11 is 3.10. The number of hydrogen-bond acceptors (Lipinski definition) is 5. The molecule has 2 aliphatic rings. The van der Waals surface area contributed by atoms with Crippen LogP contribution in [0.4, 0.5) is 0 Å². The molecule has 29 heavy (non-hydrogen) atoms. The van der Waals surface area contributed by atoms with Gasteiger partial charge in [0, 0.05) is 28.4 Å². The number of rotatable bonds is 7. The summed E-state index contributed by atoms with van der Waals surface area (Å²) in [5.74, 6) is -0.846. The fourth-order valence-corrected chi connectivity index (χ4v) is 6.03. The quantitative estimate of drug-likeness (QED) is 0.412. The molecule has 2 aromatic rings. The van der Waals surface area contributed by atoms with Crippen LogP contribution in [-0.2, 0) is 9.59 Å². The average molecular weight is 426 g/mol. The second-order valence-electron chi connectivity index (χ2n) is 6.87. The first-order valence-electron chi connectivity index (χ1n) is 9.22. The molecule has 0 saturated carbocycles. The van der Waals surface area contributed by atoms with Crippen LogP contribution in [-0.4, -0.2) is 44.5 Å². The van der Waals surface area contributed by atoms with Crippen LogP contribution in [0.3, 0.4) is 0 Å². The van der Waals surface area contributed by atoms with E-state index in [9.17, 15) is 19.5 Å². The number of thioether (sulfide) groups is 2. The number of amides is 1. The zero-order chi connectivity index (χ0) is 20.4. The summed E-state index contributed by atoms with van der Waals surface area (Å²) in [6, 6.07) is 18.7. The van der Waals surface area contributed by atoms with E-state index in [1.807, 2.05) is 36.4 Å². The van der Waals surface area contributed by atoms with Gasteiger partial charge in [-0.25, -0.2) is 4.79 Å². The minimum absolute atomic E-state index is 0.0875. The van der Waals surface area contributed by atoms with Crippen molar-refractivity contribution in [1.82, 2.24) is 4.90 Å². The summed E-state index contributed by atoms with van der Waals surface area (Å²) in [6.45, 7) is 0. The fraction of sp³-hybridized carbons (Fsp3) is 0.227. The van der Waals surface area contributed by atoms with Gasteiger partial charge in [0.05, 0.1) is 11.3 Å². The number of carbonyl (C=O) groups is 3. The maximum Gasteiger partial charge on any atom is 0.352 e. The molecule has 1 saturated heterocycles. The Morgan fingerprint density at radius 2 is 1.72 bits per heavy atom. The van der Waals surface area contributed by atoms with Crippen molar-refractivity contribution in [2.75, 3.05) is 11.5 Å². The molecule has 2 aromatic carbocycles. The van der Waals surface area contributed by atoms with E-state index in [-0.39, 0.29) is 29.2 Å². The number of benzene rings is 2. The third-order valence-electron chi connectivity index (χ3n) is 5.02. The summed E-state index contributed by atoms with van der Waals surface area (Å²) in [5, 5.41) is 9.47. The molecule has 2 aliphatic heterocycles. The first kappa shape index (κ1) is 19.8.